The van der Waals surface area contributed by atoms with Crippen LogP contribution >= 0.6 is 11.8 Å². The van der Waals surface area contributed by atoms with Crippen molar-refractivity contribution in [2.24, 2.45) is 0 Å². The maximum atomic E-state index is 12.8. The van der Waals surface area contributed by atoms with Gasteiger partial charge in [-0.25, -0.2) is 0 Å². The molecule has 5 aromatic rings. The van der Waals surface area contributed by atoms with E-state index in [9.17, 15) is 4.79 Å². The first-order valence-electron chi connectivity index (χ1n) is 10.0. The van der Waals surface area contributed by atoms with E-state index in [1.165, 1.54) is 16.3 Å². The number of anilines is 1. The highest BCUT2D eigenvalue weighted by Gasteiger charge is 2.12. The summed E-state index contributed by atoms with van der Waals surface area (Å²) >= 11 is 1.59. The van der Waals surface area contributed by atoms with Crippen LogP contribution in [0.5, 0.6) is 0 Å². The van der Waals surface area contributed by atoms with Gasteiger partial charge in [0.25, 0.3) is 5.91 Å². The molecule has 0 fully saturated rings. The number of carbonyl (C=O) groups excluding carboxylic acids is 1. The summed E-state index contributed by atoms with van der Waals surface area (Å²) in [5.41, 5.74) is 3.72. The second-order valence-electron chi connectivity index (χ2n) is 7.09. The molecule has 2 aromatic heterocycles. The second kappa shape index (κ2) is 8.23. The number of benzene rings is 3. The van der Waals surface area contributed by atoms with E-state index >= 15 is 0 Å². The molecular formula is C23H20N6OS. The molecule has 0 aliphatic rings. The molecule has 0 saturated heterocycles. The SMILES string of the molecule is CCn1c2ccccc2c2ccc(NC(=O)c3ccc(SCc4nn[nH]n4)cc3)cc21. The van der Waals surface area contributed by atoms with Crippen molar-refractivity contribution < 1.29 is 4.79 Å². The van der Waals surface area contributed by atoms with Crippen LogP contribution in [0.15, 0.2) is 71.6 Å². The third kappa shape index (κ3) is 3.77. The highest BCUT2D eigenvalue weighted by Crippen LogP contribution is 2.31. The van der Waals surface area contributed by atoms with Gasteiger partial charge in [0, 0.05) is 39.0 Å². The van der Waals surface area contributed by atoms with Crippen molar-refractivity contribution in [2.75, 3.05) is 5.32 Å². The third-order valence-electron chi connectivity index (χ3n) is 5.22. The van der Waals surface area contributed by atoms with Crippen LogP contribution in [0.2, 0.25) is 0 Å². The summed E-state index contributed by atoms with van der Waals surface area (Å²) in [6.07, 6.45) is 0. The lowest BCUT2D eigenvalue weighted by molar-refractivity contribution is 0.102. The Morgan fingerprint density at radius 3 is 2.61 bits per heavy atom. The highest BCUT2D eigenvalue weighted by molar-refractivity contribution is 7.98. The lowest BCUT2D eigenvalue weighted by atomic mass is 10.1. The van der Waals surface area contributed by atoms with E-state index in [4.69, 9.17) is 0 Å². The van der Waals surface area contributed by atoms with Gasteiger partial charge in [-0.3, -0.25) is 4.79 Å². The molecule has 0 aliphatic heterocycles. The zero-order chi connectivity index (χ0) is 21.2. The Bertz CT molecular complexity index is 1360. The molecule has 0 saturated carbocycles. The quantitative estimate of drug-likeness (QED) is 0.377. The van der Waals surface area contributed by atoms with Gasteiger partial charge >= 0.3 is 0 Å². The Morgan fingerprint density at radius 2 is 1.84 bits per heavy atom. The minimum Gasteiger partial charge on any atom is -0.341 e. The number of aromatic nitrogens is 5. The number of hydrogen-bond acceptors (Lipinski definition) is 5. The molecule has 2 N–H and O–H groups in total. The molecule has 2 heterocycles. The average Bonchev–Trinajstić information content (AvgIpc) is 3.43. The van der Waals surface area contributed by atoms with Gasteiger partial charge in [-0.05, 0) is 49.4 Å². The predicted octanol–water partition coefficient (Wildman–Crippen LogP) is 4.87. The van der Waals surface area contributed by atoms with Crippen molar-refractivity contribution >= 4 is 45.2 Å². The minimum atomic E-state index is -0.131. The number of amides is 1. The zero-order valence-electron chi connectivity index (χ0n) is 16.9. The molecule has 0 radical (unpaired) electrons. The molecule has 0 atom stereocenters. The van der Waals surface area contributed by atoms with E-state index in [2.05, 4.69) is 67.8 Å². The fraction of sp³-hybridized carbons (Fsp3) is 0.130. The first-order valence-corrected chi connectivity index (χ1v) is 11.0. The number of tetrazole rings is 1. The van der Waals surface area contributed by atoms with Crippen molar-refractivity contribution in [3.63, 3.8) is 0 Å². The van der Waals surface area contributed by atoms with Crippen LogP contribution in [0.1, 0.15) is 23.1 Å². The fourth-order valence-corrected chi connectivity index (χ4v) is 4.51. The van der Waals surface area contributed by atoms with Crippen LogP contribution in [0, 0.1) is 0 Å². The monoisotopic (exact) mass is 428 g/mol. The largest absolute Gasteiger partial charge is 0.341 e. The van der Waals surface area contributed by atoms with Crippen molar-refractivity contribution in [3.8, 4) is 0 Å². The Hall–Kier alpha value is -3.65. The predicted molar refractivity (Wildman–Crippen MR) is 123 cm³/mol. The van der Waals surface area contributed by atoms with Crippen LogP contribution < -0.4 is 5.32 Å². The van der Waals surface area contributed by atoms with Gasteiger partial charge in [-0.1, -0.05) is 29.5 Å². The van der Waals surface area contributed by atoms with Crippen LogP contribution in [0.25, 0.3) is 21.8 Å². The summed E-state index contributed by atoms with van der Waals surface area (Å²) in [6.45, 7) is 3.00. The number of aromatic amines is 1. The van der Waals surface area contributed by atoms with E-state index in [1.54, 1.807) is 11.8 Å². The standard InChI is InChI=1S/C23H20N6OS/c1-2-29-20-6-4-3-5-18(20)19-12-9-16(13-21(19)29)24-23(30)15-7-10-17(11-8-15)31-14-22-25-27-28-26-22/h3-13H,2,14H2,1H3,(H,24,30)(H,25,26,27,28). The number of fused-ring (bicyclic) bond motifs is 3. The molecule has 5 rings (SSSR count). The van der Waals surface area contributed by atoms with E-state index in [-0.39, 0.29) is 5.91 Å². The van der Waals surface area contributed by atoms with E-state index in [1.807, 2.05) is 36.4 Å². The van der Waals surface area contributed by atoms with Gasteiger partial charge in [0.05, 0.1) is 11.3 Å². The summed E-state index contributed by atoms with van der Waals surface area (Å²) in [6, 6.07) is 22.0. The van der Waals surface area contributed by atoms with Crippen molar-refractivity contribution in [1.82, 2.24) is 25.2 Å². The minimum absolute atomic E-state index is 0.131. The van der Waals surface area contributed by atoms with Crippen LogP contribution in [0.3, 0.4) is 0 Å². The number of rotatable bonds is 6. The highest BCUT2D eigenvalue weighted by atomic mass is 32.2. The first-order chi connectivity index (χ1) is 15.2. The second-order valence-corrected chi connectivity index (χ2v) is 8.14. The Morgan fingerprint density at radius 1 is 1.03 bits per heavy atom. The summed E-state index contributed by atoms with van der Waals surface area (Å²) in [7, 11) is 0. The maximum absolute atomic E-state index is 12.8. The number of para-hydroxylation sites is 1. The third-order valence-corrected chi connectivity index (χ3v) is 6.23. The Balaban J connectivity index is 1.34. The number of hydrogen-bond donors (Lipinski definition) is 2. The van der Waals surface area contributed by atoms with E-state index < -0.39 is 0 Å². The maximum Gasteiger partial charge on any atom is 0.255 e. The normalized spacial score (nSPS) is 11.3. The summed E-state index contributed by atoms with van der Waals surface area (Å²) in [4.78, 5) is 13.8. The molecular weight excluding hydrogens is 408 g/mol. The van der Waals surface area contributed by atoms with Gasteiger partial charge < -0.3 is 9.88 Å². The molecule has 154 valence electrons. The Labute approximate surface area is 182 Å². The molecule has 7 nitrogen and oxygen atoms in total. The molecule has 31 heavy (non-hydrogen) atoms. The molecule has 0 bridgehead atoms. The molecule has 3 aromatic carbocycles. The van der Waals surface area contributed by atoms with Gasteiger partial charge in [0.1, 0.15) is 0 Å². The van der Waals surface area contributed by atoms with E-state index in [0.29, 0.717) is 17.1 Å². The number of nitrogens with one attached hydrogen (secondary N) is 2. The van der Waals surface area contributed by atoms with Crippen LogP contribution in [0.4, 0.5) is 5.69 Å². The topological polar surface area (TPSA) is 88.5 Å². The number of thioether (sulfide) groups is 1. The first kappa shape index (κ1) is 19.3. The van der Waals surface area contributed by atoms with Gasteiger partial charge in [0.2, 0.25) is 0 Å². The Kier molecular flexibility index (Phi) is 5.13. The van der Waals surface area contributed by atoms with Gasteiger partial charge in [0.15, 0.2) is 5.82 Å². The van der Waals surface area contributed by atoms with Crippen molar-refractivity contribution in [2.45, 2.75) is 24.1 Å². The molecule has 8 heteroatoms. The van der Waals surface area contributed by atoms with Crippen molar-refractivity contribution in [3.05, 3.63) is 78.1 Å². The molecule has 1 amide bonds. The average molecular weight is 429 g/mol. The number of H-pyrrole nitrogens is 1. The fourth-order valence-electron chi connectivity index (χ4n) is 3.77. The molecule has 0 aliphatic carbocycles. The zero-order valence-corrected chi connectivity index (χ0v) is 17.7. The summed E-state index contributed by atoms with van der Waals surface area (Å²) < 4.78 is 2.27. The van der Waals surface area contributed by atoms with Crippen LogP contribution in [-0.4, -0.2) is 31.1 Å². The molecule has 0 spiro atoms. The van der Waals surface area contributed by atoms with Crippen LogP contribution in [-0.2, 0) is 12.3 Å². The van der Waals surface area contributed by atoms with Crippen molar-refractivity contribution in [1.29, 1.82) is 0 Å². The molecule has 0 unspecified atom stereocenters. The number of carbonyl (C=O) groups is 1. The number of nitrogens with zero attached hydrogens (tertiary/aromatic N) is 4. The lowest BCUT2D eigenvalue weighted by Crippen LogP contribution is -2.11. The number of aryl methyl sites for hydroxylation is 1. The smallest absolute Gasteiger partial charge is 0.255 e. The summed E-state index contributed by atoms with van der Waals surface area (Å²) in [5.74, 6) is 1.13. The van der Waals surface area contributed by atoms with E-state index in [0.717, 1.165) is 22.6 Å². The van der Waals surface area contributed by atoms with Gasteiger partial charge in [-0.2, -0.15) is 5.21 Å². The van der Waals surface area contributed by atoms with Gasteiger partial charge in [-0.15, -0.1) is 22.0 Å². The summed E-state index contributed by atoms with van der Waals surface area (Å²) in [5, 5.41) is 19.3. The lowest BCUT2D eigenvalue weighted by Gasteiger charge is -2.08.